The molecule has 3 N–H and O–H groups in total. The maximum Gasteiger partial charge on any atom is 0.407 e. The molecule has 15 nitrogen and oxygen atoms in total. The Morgan fingerprint density at radius 3 is 2.60 bits per heavy atom. The molecular formula is C32H43ClN8O7. The number of anilines is 3. The van der Waals surface area contributed by atoms with Crippen LogP contribution in [0.2, 0.25) is 5.02 Å². The molecule has 3 heterocycles. The van der Waals surface area contributed by atoms with Crippen LogP contribution in [0, 0.1) is 0 Å². The maximum atomic E-state index is 12.7. The van der Waals surface area contributed by atoms with Crippen molar-refractivity contribution < 1.29 is 28.6 Å². The topological polar surface area (TPSA) is 169 Å². The molecule has 1 aliphatic heterocycles. The fourth-order valence-electron chi connectivity index (χ4n) is 5.11. The minimum atomic E-state index is -0.565. The van der Waals surface area contributed by atoms with Gasteiger partial charge in [0, 0.05) is 57.4 Å². The number of benzene rings is 1. The van der Waals surface area contributed by atoms with Gasteiger partial charge in [-0.2, -0.15) is 4.98 Å². The van der Waals surface area contributed by atoms with Gasteiger partial charge in [-0.1, -0.05) is 11.6 Å². The molecule has 48 heavy (non-hydrogen) atoms. The van der Waals surface area contributed by atoms with Gasteiger partial charge < -0.3 is 44.5 Å². The molecule has 0 saturated carbocycles. The van der Waals surface area contributed by atoms with E-state index in [0.717, 1.165) is 19.3 Å². The summed E-state index contributed by atoms with van der Waals surface area (Å²) in [6.07, 6.45) is 3.34. The molecule has 0 radical (unpaired) electrons. The normalized spacial score (nSPS) is 13.6. The van der Waals surface area contributed by atoms with Gasteiger partial charge in [-0.05, 0) is 57.9 Å². The summed E-state index contributed by atoms with van der Waals surface area (Å²) in [7, 11) is 3.13. The number of halogens is 1. The van der Waals surface area contributed by atoms with Gasteiger partial charge in [-0.15, -0.1) is 0 Å². The molecule has 16 heteroatoms. The molecule has 260 valence electrons. The van der Waals surface area contributed by atoms with E-state index in [-0.39, 0.29) is 29.9 Å². The van der Waals surface area contributed by atoms with Gasteiger partial charge in [-0.25, -0.2) is 9.78 Å². The van der Waals surface area contributed by atoms with Crippen molar-refractivity contribution in [2.75, 3.05) is 63.3 Å². The minimum absolute atomic E-state index is 0.0472. The van der Waals surface area contributed by atoms with Crippen LogP contribution in [0.3, 0.4) is 0 Å². The summed E-state index contributed by atoms with van der Waals surface area (Å²) in [5.74, 6) is 0.633. The van der Waals surface area contributed by atoms with Gasteiger partial charge in [0.05, 0.1) is 24.9 Å². The number of pyridine rings is 1. The van der Waals surface area contributed by atoms with Crippen LogP contribution in [0.1, 0.15) is 33.6 Å². The number of carbonyl (C=O) groups is 3. The Morgan fingerprint density at radius 2 is 1.92 bits per heavy atom. The standard InChI is InChI=1S/C32H43ClN8O7/c1-32(2,3)48-31(45)35-10-14-46-15-13-41(20-42)23-8-11-40(12-9-23)30-36-18-24(33)28(38-30)37-22-6-7-25-21(16-22)17-26(29(44)39(25)5)47-19-27(43)34-4/h6-7,16-18,20,23H,8-15,19H2,1-5H3,(H,34,43)(H,35,45)(H,36,37,38). The highest BCUT2D eigenvalue weighted by Crippen LogP contribution is 2.29. The number of aromatic nitrogens is 3. The number of fused-ring (bicyclic) bond motifs is 1. The second kappa shape index (κ2) is 16.5. The number of likely N-dealkylation sites (N-methyl/N-ethyl adjacent to an activating group) is 1. The number of nitrogens with zero attached hydrogens (tertiary/aromatic N) is 5. The van der Waals surface area contributed by atoms with Crippen LogP contribution in [0.15, 0.2) is 35.3 Å². The summed E-state index contributed by atoms with van der Waals surface area (Å²) >= 11 is 6.47. The number of alkyl carbamates (subject to hydrolysis) is 1. The Kier molecular flexibility index (Phi) is 12.4. The molecule has 3 aromatic rings. The Bertz CT molecular complexity index is 1650. The quantitative estimate of drug-likeness (QED) is 0.168. The smallest absolute Gasteiger partial charge is 0.407 e. The number of hydrogen-bond donors (Lipinski definition) is 3. The number of rotatable bonds is 14. The summed E-state index contributed by atoms with van der Waals surface area (Å²) in [5, 5.41) is 9.39. The molecule has 1 aromatic carbocycles. The number of piperidine rings is 1. The third-order valence-electron chi connectivity index (χ3n) is 7.58. The van der Waals surface area contributed by atoms with Crippen molar-refractivity contribution in [3.05, 3.63) is 45.8 Å². The molecular weight excluding hydrogens is 644 g/mol. The average molecular weight is 687 g/mol. The monoisotopic (exact) mass is 686 g/mol. The summed E-state index contributed by atoms with van der Waals surface area (Å²) in [5.41, 5.74) is 0.438. The molecule has 1 fully saturated rings. The summed E-state index contributed by atoms with van der Waals surface area (Å²) in [6.45, 7) is 7.80. The Morgan fingerprint density at radius 1 is 1.17 bits per heavy atom. The van der Waals surface area contributed by atoms with Gasteiger partial charge in [0.1, 0.15) is 10.6 Å². The van der Waals surface area contributed by atoms with E-state index in [1.54, 1.807) is 51.0 Å². The van der Waals surface area contributed by atoms with Crippen molar-refractivity contribution in [3.8, 4) is 5.75 Å². The first kappa shape index (κ1) is 36.2. The molecule has 2 aromatic heterocycles. The highest BCUT2D eigenvalue weighted by molar-refractivity contribution is 6.32. The van der Waals surface area contributed by atoms with E-state index < -0.39 is 11.7 Å². The van der Waals surface area contributed by atoms with E-state index in [1.807, 2.05) is 17.0 Å². The molecule has 3 amide bonds. The minimum Gasteiger partial charge on any atom is -0.478 e. The fourth-order valence-corrected chi connectivity index (χ4v) is 5.25. The zero-order valence-electron chi connectivity index (χ0n) is 27.9. The molecule has 0 aliphatic carbocycles. The van der Waals surface area contributed by atoms with E-state index in [4.69, 9.17) is 25.8 Å². The van der Waals surface area contributed by atoms with Crippen molar-refractivity contribution in [2.45, 2.75) is 45.3 Å². The van der Waals surface area contributed by atoms with Crippen LogP contribution in [0.4, 0.5) is 22.2 Å². The second-order valence-corrected chi connectivity index (χ2v) is 12.6. The van der Waals surface area contributed by atoms with Crippen molar-refractivity contribution >= 4 is 58.4 Å². The third kappa shape index (κ3) is 9.94. The summed E-state index contributed by atoms with van der Waals surface area (Å²) in [6, 6.07) is 7.09. The molecule has 0 spiro atoms. The van der Waals surface area contributed by atoms with E-state index in [1.165, 1.54) is 11.6 Å². The maximum absolute atomic E-state index is 12.7. The third-order valence-corrected chi connectivity index (χ3v) is 7.86. The highest BCUT2D eigenvalue weighted by Gasteiger charge is 2.26. The van der Waals surface area contributed by atoms with Crippen LogP contribution < -0.4 is 31.1 Å². The van der Waals surface area contributed by atoms with Gasteiger partial charge in [-0.3, -0.25) is 14.4 Å². The predicted molar refractivity (Wildman–Crippen MR) is 182 cm³/mol. The van der Waals surface area contributed by atoms with Crippen molar-refractivity contribution in [1.29, 1.82) is 0 Å². The fraction of sp³-hybridized carbons (Fsp3) is 0.500. The van der Waals surface area contributed by atoms with Crippen LogP contribution in [-0.4, -0.2) is 103 Å². The molecule has 0 atom stereocenters. The van der Waals surface area contributed by atoms with E-state index in [2.05, 4.69) is 25.9 Å². The number of aryl methyl sites for hydroxylation is 1. The van der Waals surface area contributed by atoms with E-state index in [0.29, 0.717) is 72.8 Å². The highest BCUT2D eigenvalue weighted by atomic mass is 35.5. The van der Waals surface area contributed by atoms with Gasteiger partial charge in [0.15, 0.2) is 18.2 Å². The molecule has 0 unspecified atom stereocenters. The van der Waals surface area contributed by atoms with Crippen molar-refractivity contribution in [1.82, 2.24) is 30.1 Å². The first-order valence-electron chi connectivity index (χ1n) is 15.7. The zero-order valence-corrected chi connectivity index (χ0v) is 28.6. The van der Waals surface area contributed by atoms with Gasteiger partial charge in [0.2, 0.25) is 12.4 Å². The lowest BCUT2D eigenvalue weighted by atomic mass is 10.0. The number of hydrogen-bond acceptors (Lipinski definition) is 11. The van der Waals surface area contributed by atoms with E-state index in [9.17, 15) is 19.2 Å². The molecule has 1 aliphatic rings. The SMILES string of the molecule is CNC(=O)COc1cc2cc(Nc3nc(N4CCC(N(C=O)CCOCCNC(=O)OC(C)(C)C)CC4)ncc3Cl)ccc2n(C)c1=O. The van der Waals surface area contributed by atoms with E-state index >= 15 is 0 Å². The Labute approximate surface area is 283 Å². The first-order chi connectivity index (χ1) is 22.9. The van der Waals surface area contributed by atoms with Crippen molar-refractivity contribution in [2.24, 2.45) is 7.05 Å². The largest absolute Gasteiger partial charge is 0.478 e. The van der Waals surface area contributed by atoms with Crippen LogP contribution in [0.5, 0.6) is 5.75 Å². The first-order valence-corrected chi connectivity index (χ1v) is 16.0. The molecule has 4 rings (SSSR count). The van der Waals surface area contributed by atoms with Gasteiger partial charge >= 0.3 is 6.09 Å². The van der Waals surface area contributed by atoms with Crippen LogP contribution in [-0.2, 0) is 26.1 Å². The van der Waals surface area contributed by atoms with Crippen molar-refractivity contribution in [3.63, 3.8) is 0 Å². The zero-order chi connectivity index (χ0) is 34.8. The summed E-state index contributed by atoms with van der Waals surface area (Å²) in [4.78, 5) is 60.8. The number of ether oxygens (including phenoxy) is 3. The number of carbonyl (C=O) groups excluding carboxylic acids is 3. The second-order valence-electron chi connectivity index (χ2n) is 12.2. The predicted octanol–water partition coefficient (Wildman–Crippen LogP) is 2.82. The van der Waals surface area contributed by atoms with Crippen LogP contribution >= 0.6 is 11.6 Å². The average Bonchev–Trinajstić information content (AvgIpc) is 3.05. The number of amides is 3. The Hall–Kier alpha value is -4.63. The lowest BCUT2D eigenvalue weighted by Gasteiger charge is -2.36. The number of nitrogens with one attached hydrogen (secondary N) is 3. The van der Waals surface area contributed by atoms with Gasteiger partial charge in [0.25, 0.3) is 11.5 Å². The Balaban J connectivity index is 1.31. The lowest BCUT2D eigenvalue weighted by molar-refractivity contribution is -0.123. The molecule has 1 saturated heterocycles. The van der Waals surface area contributed by atoms with Crippen LogP contribution in [0.25, 0.3) is 10.9 Å². The summed E-state index contributed by atoms with van der Waals surface area (Å²) < 4.78 is 17.7. The lowest BCUT2D eigenvalue weighted by Crippen LogP contribution is -2.46. The molecule has 0 bridgehead atoms.